The van der Waals surface area contributed by atoms with E-state index in [1.54, 1.807) is 29.5 Å². The molecule has 0 saturated carbocycles. The molecule has 2 aliphatic rings. The van der Waals surface area contributed by atoms with Crippen LogP contribution in [0, 0.1) is 0 Å². The van der Waals surface area contributed by atoms with Crippen LogP contribution in [0.25, 0.3) is 11.0 Å². The number of amides is 4. The summed E-state index contributed by atoms with van der Waals surface area (Å²) in [5.74, 6) is -0.883. The Bertz CT molecular complexity index is 1220. The van der Waals surface area contributed by atoms with Crippen LogP contribution in [0.4, 0.5) is 10.5 Å². The number of aromatic nitrogens is 2. The Hall–Kier alpha value is -3.40. The smallest absolute Gasteiger partial charge is 0.324 e. The third kappa shape index (κ3) is 2.75. The fraction of sp³-hybridized carbons (Fsp3) is 0.263. The number of aryl methyl sites for hydroxylation is 1. The highest BCUT2D eigenvalue weighted by Gasteiger charge is 2.54. The molecular formula is C19H17N5O4S. The van der Waals surface area contributed by atoms with Crippen LogP contribution >= 0.6 is 11.3 Å². The first-order valence-electron chi connectivity index (χ1n) is 9.19. The third-order valence-corrected chi connectivity index (χ3v) is 6.42. The van der Waals surface area contributed by atoms with E-state index in [1.165, 1.54) is 0 Å². The van der Waals surface area contributed by atoms with E-state index in [0.29, 0.717) is 23.1 Å². The SMILES string of the molecule is O=C(CN1C(=O)N[C@@]2(CCCc3sccc32)C1=O)Nc1ccc2[nH]c(=O)[nH]c2c1. The number of imide groups is 1. The molecule has 0 unspecified atom stereocenters. The van der Waals surface area contributed by atoms with Crippen molar-refractivity contribution >= 4 is 45.9 Å². The van der Waals surface area contributed by atoms with Gasteiger partial charge in [0.25, 0.3) is 5.91 Å². The molecule has 4 N–H and O–H groups in total. The minimum atomic E-state index is -1.06. The molecule has 1 spiro atoms. The topological polar surface area (TPSA) is 127 Å². The molecule has 29 heavy (non-hydrogen) atoms. The molecule has 1 fully saturated rings. The Kier molecular flexibility index (Phi) is 3.85. The number of carbonyl (C=O) groups is 3. The van der Waals surface area contributed by atoms with Gasteiger partial charge in [-0.3, -0.25) is 14.5 Å². The van der Waals surface area contributed by atoms with Gasteiger partial charge in [-0.25, -0.2) is 9.59 Å². The third-order valence-electron chi connectivity index (χ3n) is 5.44. The molecular weight excluding hydrogens is 394 g/mol. The zero-order chi connectivity index (χ0) is 20.2. The van der Waals surface area contributed by atoms with Crippen LogP contribution in [0.3, 0.4) is 0 Å². The predicted octanol–water partition coefficient (Wildman–Crippen LogP) is 1.64. The molecule has 5 rings (SSSR count). The number of imidazole rings is 1. The molecule has 1 aliphatic heterocycles. The summed E-state index contributed by atoms with van der Waals surface area (Å²) in [6, 6.07) is 6.22. The first-order valence-corrected chi connectivity index (χ1v) is 10.1. The second kappa shape index (κ2) is 6.31. The lowest BCUT2D eigenvalue weighted by Crippen LogP contribution is -2.46. The second-order valence-electron chi connectivity index (χ2n) is 7.23. The zero-order valence-corrected chi connectivity index (χ0v) is 16.0. The van der Waals surface area contributed by atoms with Gasteiger partial charge in [-0.1, -0.05) is 0 Å². The molecule has 2 aromatic heterocycles. The van der Waals surface area contributed by atoms with Crippen molar-refractivity contribution in [3.05, 3.63) is 50.6 Å². The van der Waals surface area contributed by atoms with Crippen LogP contribution in [0.1, 0.15) is 23.3 Å². The number of hydrogen-bond acceptors (Lipinski definition) is 5. The number of hydrogen-bond donors (Lipinski definition) is 4. The van der Waals surface area contributed by atoms with E-state index in [1.807, 2.05) is 11.4 Å². The molecule has 148 valence electrons. The Morgan fingerprint density at radius 2 is 2.00 bits per heavy atom. The molecule has 0 bridgehead atoms. The van der Waals surface area contributed by atoms with Crippen LogP contribution in [0.15, 0.2) is 34.4 Å². The molecule has 9 nitrogen and oxygen atoms in total. The van der Waals surface area contributed by atoms with Crippen molar-refractivity contribution in [3.63, 3.8) is 0 Å². The van der Waals surface area contributed by atoms with Gasteiger partial charge in [0.05, 0.1) is 11.0 Å². The van der Waals surface area contributed by atoms with Gasteiger partial charge in [0, 0.05) is 16.1 Å². The molecule has 3 heterocycles. The molecule has 0 radical (unpaired) electrons. The lowest BCUT2D eigenvalue weighted by atomic mass is 9.80. The van der Waals surface area contributed by atoms with Gasteiger partial charge in [-0.15, -0.1) is 11.3 Å². The number of nitrogens with zero attached hydrogens (tertiary/aromatic N) is 1. The fourth-order valence-electron chi connectivity index (χ4n) is 4.14. The molecule has 1 saturated heterocycles. The molecule has 1 aromatic carbocycles. The highest BCUT2D eigenvalue weighted by atomic mass is 32.1. The largest absolute Gasteiger partial charge is 0.325 e. The van der Waals surface area contributed by atoms with E-state index in [9.17, 15) is 19.2 Å². The number of nitrogens with one attached hydrogen (secondary N) is 4. The second-order valence-corrected chi connectivity index (χ2v) is 8.23. The van der Waals surface area contributed by atoms with Gasteiger partial charge >= 0.3 is 11.7 Å². The van der Waals surface area contributed by atoms with Gasteiger partial charge in [0.1, 0.15) is 12.1 Å². The van der Waals surface area contributed by atoms with Gasteiger partial charge in [0.2, 0.25) is 5.91 Å². The quantitative estimate of drug-likeness (QED) is 0.489. The van der Waals surface area contributed by atoms with Crippen molar-refractivity contribution in [1.29, 1.82) is 0 Å². The number of carbonyl (C=O) groups excluding carboxylic acids is 3. The van der Waals surface area contributed by atoms with Crippen molar-refractivity contribution in [3.8, 4) is 0 Å². The van der Waals surface area contributed by atoms with Crippen molar-refractivity contribution in [2.75, 3.05) is 11.9 Å². The summed E-state index contributed by atoms with van der Waals surface area (Å²) >= 11 is 1.58. The Balaban J connectivity index is 1.35. The van der Waals surface area contributed by atoms with Crippen molar-refractivity contribution in [2.45, 2.75) is 24.8 Å². The summed E-state index contributed by atoms with van der Waals surface area (Å²) < 4.78 is 0. The van der Waals surface area contributed by atoms with E-state index in [0.717, 1.165) is 28.2 Å². The van der Waals surface area contributed by atoms with Gasteiger partial charge < -0.3 is 20.6 Å². The maximum atomic E-state index is 13.1. The average molecular weight is 411 g/mol. The standard InChI is InChI=1S/C19H17N5O4S/c25-15(20-10-3-4-12-13(8-10)22-17(27)21-12)9-24-16(26)19(23-18(24)28)6-1-2-14-11(19)5-7-29-14/h3-5,7-8H,1-2,6,9H2,(H,20,25)(H,23,28)(H2,21,22,27)/t19-/m1/s1. The molecule has 3 aromatic rings. The van der Waals surface area contributed by atoms with Crippen molar-refractivity contribution in [2.24, 2.45) is 0 Å². The molecule has 4 amide bonds. The number of fused-ring (bicyclic) bond motifs is 3. The summed E-state index contributed by atoms with van der Waals surface area (Å²) in [7, 11) is 0. The normalized spacial score (nSPS) is 20.9. The minimum absolute atomic E-state index is 0.339. The number of benzene rings is 1. The Morgan fingerprint density at radius 1 is 1.17 bits per heavy atom. The van der Waals surface area contributed by atoms with E-state index >= 15 is 0 Å². The molecule has 1 atom stereocenters. The van der Waals surface area contributed by atoms with E-state index < -0.39 is 17.5 Å². The minimum Gasteiger partial charge on any atom is -0.324 e. The summed E-state index contributed by atoms with van der Waals surface area (Å²) in [4.78, 5) is 56.8. The first kappa shape index (κ1) is 17.7. The Morgan fingerprint density at radius 3 is 2.86 bits per heavy atom. The monoisotopic (exact) mass is 411 g/mol. The summed E-state index contributed by atoms with van der Waals surface area (Å²) in [6.07, 6.45) is 2.22. The number of urea groups is 1. The van der Waals surface area contributed by atoms with Crippen LogP contribution < -0.4 is 16.3 Å². The van der Waals surface area contributed by atoms with Crippen LogP contribution in [-0.4, -0.2) is 39.3 Å². The summed E-state index contributed by atoms with van der Waals surface area (Å²) in [5, 5.41) is 7.42. The summed E-state index contributed by atoms with van der Waals surface area (Å²) in [6.45, 7) is -0.381. The fourth-order valence-corrected chi connectivity index (χ4v) is 5.14. The maximum Gasteiger partial charge on any atom is 0.325 e. The van der Waals surface area contributed by atoms with E-state index in [-0.39, 0.29) is 18.1 Å². The van der Waals surface area contributed by atoms with Crippen LogP contribution in [0.2, 0.25) is 0 Å². The highest BCUT2D eigenvalue weighted by Crippen LogP contribution is 2.42. The van der Waals surface area contributed by atoms with Gasteiger partial charge in [-0.05, 0) is 48.9 Å². The highest BCUT2D eigenvalue weighted by molar-refractivity contribution is 7.10. The maximum absolute atomic E-state index is 13.1. The predicted molar refractivity (Wildman–Crippen MR) is 107 cm³/mol. The number of H-pyrrole nitrogens is 2. The van der Waals surface area contributed by atoms with Crippen LogP contribution in [-0.2, 0) is 21.5 Å². The van der Waals surface area contributed by atoms with E-state index in [2.05, 4.69) is 20.6 Å². The van der Waals surface area contributed by atoms with E-state index in [4.69, 9.17) is 0 Å². The lowest BCUT2D eigenvalue weighted by Gasteiger charge is -2.31. The number of aromatic amines is 2. The van der Waals surface area contributed by atoms with Gasteiger partial charge in [-0.2, -0.15) is 0 Å². The lowest BCUT2D eigenvalue weighted by molar-refractivity contribution is -0.134. The molecule has 1 aliphatic carbocycles. The van der Waals surface area contributed by atoms with Crippen molar-refractivity contribution in [1.82, 2.24) is 20.2 Å². The Labute approximate surface area is 168 Å². The zero-order valence-electron chi connectivity index (χ0n) is 15.2. The average Bonchev–Trinajstić information content (AvgIpc) is 3.35. The first-order chi connectivity index (χ1) is 14.0. The number of rotatable bonds is 3. The van der Waals surface area contributed by atoms with Crippen molar-refractivity contribution < 1.29 is 14.4 Å². The summed E-state index contributed by atoms with van der Waals surface area (Å²) in [5.41, 5.74) is 1.07. The van der Waals surface area contributed by atoms with Crippen LogP contribution in [0.5, 0.6) is 0 Å². The number of anilines is 1. The van der Waals surface area contributed by atoms with Gasteiger partial charge in [0.15, 0.2) is 0 Å². The molecule has 10 heteroatoms. The number of thiophene rings is 1.